The number of carbonyl (C=O) groups is 2. The van der Waals surface area contributed by atoms with Crippen LogP contribution in [-0.2, 0) is 9.59 Å². The monoisotopic (exact) mass is 326 g/mol. The normalized spacial score (nSPS) is 24.0. The number of rotatable bonds is 4. The van der Waals surface area contributed by atoms with E-state index in [1.165, 1.54) is 0 Å². The predicted molar refractivity (Wildman–Crippen MR) is 91.8 cm³/mol. The first-order valence-electron chi connectivity index (χ1n) is 8.67. The van der Waals surface area contributed by atoms with Crippen LogP contribution in [0.5, 0.6) is 0 Å². The van der Waals surface area contributed by atoms with E-state index in [-0.39, 0.29) is 24.5 Å². The van der Waals surface area contributed by atoms with Gasteiger partial charge in [0.1, 0.15) is 6.04 Å². The first-order chi connectivity index (χ1) is 10.4. The van der Waals surface area contributed by atoms with Crippen LogP contribution < -0.4 is 10.6 Å². The van der Waals surface area contributed by atoms with Crippen LogP contribution in [0.25, 0.3) is 0 Å². The molecule has 0 aromatic heterocycles. The van der Waals surface area contributed by atoms with E-state index in [0.717, 1.165) is 25.7 Å². The fourth-order valence-electron chi connectivity index (χ4n) is 2.97. The van der Waals surface area contributed by atoms with Crippen molar-refractivity contribution in [2.24, 2.45) is 16.7 Å². The van der Waals surface area contributed by atoms with Crippen molar-refractivity contribution in [2.45, 2.75) is 79.3 Å². The minimum Gasteiger partial charge on any atom is -0.394 e. The lowest BCUT2D eigenvalue weighted by atomic mass is 9.71. The number of amides is 2. The van der Waals surface area contributed by atoms with Crippen LogP contribution in [-0.4, -0.2) is 35.6 Å². The van der Waals surface area contributed by atoms with Gasteiger partial charge in [-0.05, 0) is 37.0 Å². The third-order valence-corrected chi connectivity index (χ3v) is 4.78. The molecule has 2 amide bonds. The van der Waals surface area contributed by atoms with E-state index in [2.05, 4.69) is 31.4 Å². The van der Waals surface area contributed by atoms with Crippen molar-refractivity contribution in [3.8, 4) is 0 Å². The molecule has 23 heavy (non-hydrogen) atoms. The third kappa shape index (κ3) is 6.13. The highest BCUT2D eigenvalue weighted by molar-refractivity contribution is 5.89. The molecule has 0 heterocycles. The van der Waals surface area contributed by atoms with Crippen LogP contribution in [0.2, 0.25) is 0 Å². The molecule has 1 fully saturated rings. The zero-order valence-corrected chi connectivity index (χ0v) is 15.5. The maximum absolute atomic E-state index is 12.3. The maximum Gasteiger partial charge on any atom is 0.245 e. The molecule has 3 N–H and O–H groups in total. The van der Waals surface area contributed by atoms with Crippen LogP contribution in [0.1, 0.15) is 67.2 Å². The van der Waals surface area contributed by atoms with Gasteiger partial charge >= 0.3 is 0 Å². The smallest absolute Gasteiger partial charge is 0.245 e. The summed E-state index contributed by atoms with van der Waals surface area (Å²) >= 11 is 0. The molecule has 1 saturated carbocycles. The first-order valence-corrected chi connectivity index (χ1v) is 8.67. The highest BCUT2D eigenvalue weighted by atomic mass is 16.3. The Morgan fingerprint density at radius 2 is 1.57 bits per heavy atom. The third-order valence-electron chi connectivity index (χ3n) is 4.78. The van der Waals surface area contributed by atoms with Crippen LogP contribution in [0.3, 0.4) is 0 Å². The molecule has 1 rings (SSSR count). The lowest BCUT2D eigenvalue weighted by Gasteiger charge is -2.37. The number of hydrogen-bond donors (Lipinski definition) is 3. The van der Waals surface area contributed by atoms with Gasteiger partial charge in [-0.2, -0.15) is 0 Å². The van der Waals surface area contributed by atoms with Crippen molar-refractivity contribution in [2.75, 3.05) is 6.61 Å². The Bertz CT molecular complexity index is 413. The Morgan fingerprint density at radius 1 is 1.04 bits per heavy atom. The Labute approximate surface area is 140 Å². The van der Waals surface area contributed by atoms with Gasteiger partial charge in [0, 0.05) is 11.5 Å². The molecule has 0 saturated heterocycles. The van der Waals surface area contributed by atoms with Crippen molar-refractivity contribution in [1.82, 2.24) is 10.6 Å². The summed E-state index contributed by atoms with van der Waals surface area (Å²) in [5, 5.41) is 15.0. The highest BCUT2D eigenvalue weighted by Gasteiger charge is 2.32. The summed E-state index contributed by atoms with van der Waals surface area (Å²) in [7, 11) is 0. The Hall–Kier alpha value is -1.10. The van der Waals surface area contributed by atoms with E-state index in [1.807, 2.05) is 0 Å². The van der Waals surface area contributed by atoms with Crippen molar-refractivity contribution in [1.29, 1.82) is 0 Å². The summed E-state index contributed by atoms with van der Waals surface area (Å²) in [4.78, 5) is 24.3. The Kier molecular flexibility index (Phi) is 6.63. The van der Waals surface area contributed by atoms with E-state index in [0.29, 0.717) is 11.3 Å². The maximum atomic E-state index is 12.3. The number of carbonyl (C=O) groups excluding carboxylic acids is 2. The molecule has 0 radical (unpaired) electrons. The highest BCUT2D eigenvalue weighted by Crippen LogP contribution is 2.37. The molecule has 1 aliphatic rings. The van der Waals surface area contributed by atoms with Gasteiger partial charge in [-0.25, -0.2) is 0 Å². The minimum absolute atomic E-state index is 0.140. The van der Waals surface area contributed by atoms with Crippen LogP contribution in [0, 0.1) is 16.7 Å². The topological polar surface area (TPSA) is 78.4 Å². The van der Waals surface area contributed by atoms with Crippen molar-refractivity contribution < 1.29 is 14.7 Å². The van der Waals surface area contributed by atoms with E-state index >= 15 is 0 Å². The van der Waals surface area contributed by atoms with E-state index in [1.54, 1.807) is 20.8 Å². The molecule has 0 spiro atoms. The van der Waals surface area contributed by atoms with Gasteiger partial charge < -0.3 is 15.7 Å². The molecule has 1 unspecified atom stereocenters. The second-order valence-electron chi connectivity index (χ2n) is 8.88. The fourth-order valence-corrected chi connectivity index (χ4v) is 2.97. The number of aliphatic hydroxyl groups excluding tert-OH is 1. The van der Waals surface area contributed by atoms with Gasteiger partial charge in [0.25, 0.3) is 0 Å². The standard InChI is InChI=1S/C18H34N2O3/c1-17(2,3)12-7-9-13(10-8-12)19-15(22)14(11-21)20-16(23)18(4,5)6/h12-14,21H,7-11H2,1-6H3,(H,19,22)(H,20,23). The molecule has 0 aromatic rings. The summed E-state index contributed by atoms with van der Waals surface area (Å²) in [5.74, 6) is 0.164. The molecular formula is C18H34N2O3. The average Bonchev–Trinajstić information content (AvgIpc) is 2.42. The average molecular weight is 326 g/mol. The molecule has 0 aromatic carbocycles. The minimum atomic E-state index is -0.873. The van der Waals surface area contributed by atoms with Gasteiger partial charge in [-0.15, -0.1) is 0 Å². The molecular weight excluding hydrogens is 292 g/mol. The number of hydrogen-bond acceptors (Lipinski definition) is 3. The second-order valence-corrected chi connectivity index (χ2v) is 8.88. The number of aliphatic hydroxyl groups is 1. The summed E-state index contributed by atoms with van der Waals surface area (Å²) in [5.41, 5.74) is -0.276. The molecule has 5 heteroatoms. The fraction of sp³-hybridized carbons (Fsp3) is 0.889. The largest absolute Gasteiger partial charge is 0.394 e. The molecule has 134 valence electrons. The van der Waals surface area contributed by atoms with Gasteiger partial charge in [0.05, 0.1) is 6.61 Å². The summed E-state index contributed by atoms with van der Waals surface area (Å²) in [6.45, 7) is 11.7. The molecule has 5 nitrogen and oxygen atoms in total. The zero-order valence-electron chi connectivity index (χ0n) is 15.5. The van der Waals surface area contributed by atoms with Gasteiger partial charge in [0.2, 0.25) is 11.8 Å². The van der Waals surface area contributed by atoms with E-state index in [9.17, 15) is 14.7 Å². The van der Waals surface area contributed by atoms with Crippen molar-refractivity contribution in [3.63, 3.8) is 0 Å². The van der Waals surface area contributed by atoms with Gasteiger partial charge in [0.15, 0.2) is 0 Å². The number of nitrogens with one attached hydrogen (secondary N) is 2. The second kappa shape index (κ2) is 7.65. The summed E-state index contributed by atoms with van der Waals surface area (Å²) in [6, 6.07) is -0.733. The molecule has 1 atom stereocenters. The summed E-state index contributed by atoms with van der Waals surface area (Å²) in [6.07, 6.45) is 4.12. The predicted octanol–water partition coefficient (Wildman–Crippen LogP) is 2.23. The molecule has 0 bridgehead atoms. The van der Waals surface area contributed by atoms with Gasteiger partial charge in [-0.1, -0.05) is 41.5 Å². The molecule has 1 aliphatic carbocycles. The quantitative estimate of drug-likeness (QED) is 0.741. The lowest BCUT2D eigenvalue weighted by molar-refractivity contribution is -0.134. The Morgan fingerprint density at radius 3 is 1.96 bits per heavy atom. The van der Waals surface area contributed by atoms with Crippen molar-refractivity contribution >= 4 is 11.8 Å². The first kappa shape index (κ1) is 19.9. The van der Waals surface area contributed by atoms with Crippen LogP contribution >= 0.6 is 0 Å². The van der Waals surface area contributed by atoms with Crippen LogP contribution in [0.4, 0.5) is 0 Å². The zero-order chi connectivity index (χ0) is 17.8. The SMILES string of the molecule is CC(C)(C)C(=O)NC(CO)C(=O)NC1CCC(C(C)(C)C)CC1. The summed E-state index contributed by atoms with van der Waals surface area (Å²) < 4.78 is 0. The van der Waals surface area contributed by atoms with Crippen LogP contribution in [0.15, 0.2) is 0 Å². The Balaban J connectivity index is 2.50. The lowest BCUT2D eigenvalue weighted by Crippen LogP contribution is -2.54. The van der Waals surface area contributed by atoms with E-state index < -0.39 is 11.5 Å². The van der Waals surface area contributed by atoms with E-state index in [4.69, 9.17) is 0 Å². The van der Waals surface area contributed by atoms with Gasteiger partial charge in [-0.3, -0.25) is 9.59 Å². The van der Waals surface area contributed by atoms with Crippen molar-refractivity contribution in [3.05, 3.63) is 0 Å². The molecule has 0 aliphatic heterocycles.